The van der Waals surface area contributed by atoms with E-state index in [9.17, 15) is 0 Å². The van der Waals surface area contributed by atoms with Crippen molar-refractivity contribution in [3.63, 3.8) is 0 Å². The van der Waals surface area contributed by atoms with E-state index >= 15 is 0 Å². The molecular formula is C12H23N. The van der Waals surface area contributed by atoms with Gasteiger partial charge in [0.05, 0.1) is 0 Å². The highest BCUT2D eigenvalue weighted by molar-refractivity contribution is 5.10. The SMILES string of the molecule is CC(C)C1(C(C)C)CCNC2CC21. The van der Waals surface area contributed by atoms with Crippen LogP contribution in [0.25, 0.3) is 0 Å². The first-order valence-electron chi connectivity index (χ1n) is 5.82. The molecule has 76 valence electrons. The smallest absolute Gasteiger partial charge is 0.0105 e. The van der Waals surface area contributed by atoms with Crippen LogP contribution in [0.4, 0.5) is 0 Å². The minimum Gasteiger partial charge on any atom is -0.314 e. The number of piperidine rings is 1. The van der Waals surface area contributed by atoms with Gasteiger partial charge in [0, 0.05) is 6.04 Å². The highest BCUT2D eigenvalue weighted by Crippen LogP contribution is 2.58. The van der Waals surface area contributed by atoms with Crippen LogP contribution in [-0.4, -0.2) is 12.6 Å². The monoisotopic (exact) mass is 181 g/mol. The summed E-state index contributed by atoms with van der Waals surface area (Å²) in [6, 6.07) is 0.874. The third kappa shape index (κ3) is 1.24. The number of rotatable bonds is 2. The van der Waals surface area contributed by atoms with Gasteiger partial charge in [-0.05, 0) is 42.6 Å². The first kappa shape index (κ1) is 9.51. The van der Waals surface area contributed by atoms with E-state index in [1.807, 2.05) is 0 Å². The van der Waals surface area contributed by atoms with Gasteiger partial charge in [0.1, 0.15) is 0 Å². The summed E-state index contributed by atoms with van der Waals surface area (Å²) in [6.45, 7) is 10.9. The zero-order valence-electron chi connectivity index (χ0n) is 9.43. The second-order valence-electron chi connectivity index (χ2n) is 5.57. The third-order valence-corrected chi connectivity index (χ3v) is 4.60. The van der Waals surface area contributed by atoms with Crippen molar-refractivity contribution >= 4 is 0 Å². The molecule has 0 aromatic heterocycles. The Morgan fingerprint density at radius 1 is 1.15 bits per heavy atom. The zero-order chi connectivity index (χ0) is 9.64. The van der Waals surface area contributed by atoms with Crippen molar-refractivity contribution in [3.8, 4) is 0 Å². The summed E-state index contributed by atoms with van der Waals surface area (Å²) in [5.41, 5.74) is 0.649. The van der Waals surface area contributed by atoms with E-state index in [-0.39, 0.29) is 0 Å². The van der Waals surface area contributed by atoms with E-state index in [0.29, 0.717) is 5.41 Å². The van der Waals surface area contributed by atoms with Gasteiger partial charge in [-0.2, -0.15) is 0 Å². The molecule has 1 saturated heterocycles. The van der Waals surface area contributed by atoms with Gasteiger partial charge in [-0.3, -0.25) is 0 Å². The summed E-state index contributed by atoms with van der Waals surface area (Å²) in [5, 5.41) is 3.62. The van der Waals surface area contributed by atoms with Crippen molar-refractivity contribution in [3.05, 3.63) is 0 Å². The van der Waals surface area contributed by atoms with E-state index in [1.54, 1.807) is 0 Å². The van der Waals surface area contributed by atoms with Gasteiger partial charge in [0.25, 0.3) is 0 Å². The van der Waals surface area contributed by atoms with E-state index in [0.717, 1.165) is 23.8 Å². The maximum absolute atomic E-state index is 3.62. The van der Waals surface area contributed by atoms with Crippen molar-refractivity contribution in [2.24, 2.45) is 23.2 Å². The predicted octanol–water partition coefficient (Wildman–Crippen LogP) is 2.67. The van der Waals surface area contributed by atoms with Crippen LogP contribution in [0, 0.1) is 23.2 Å². The first-order chi connectivity index (χ1) is 6.09. The molecule has 2 aliphatic rings. The molecule has 0 aromatic rings. The summed E-state index contributed by atoms with van der Waals surface area (Å²) in [7, 11) is 0. The molecule has 2 rings (SSSR count). The van der Waals surface area contributed by atoms with Crippen LogP contribution in [0.3, 0.4) is 0 Å². The molecule has 0 bridgehead atoms. The van der Waals surface area contributed by atoms with E-state index in [2.05, 4.69) is 33.0 Å². The maximum atomic E-state index is 3.62. The minimum atomic E-state index is 0.649. The lowest BCUT2D eigenvalue weighted by Crippen LogP contribution is -2.45. The van der Waals surface area contributed by atoms with Gasteiger partial charge >= 0.3 is 0 Å². The molecule has 13 heavy (non-hydrogen) atoms. The molecule has 0 spiro atoms. The first-order valence-corrected chi connectivity index (χ1v) is 5.82. The van der Waals surface area contributed by atoms with E-state index in [4.69, 9.17) is 0 Å². The Kier molecular flexibility index (Phi) is 2.18. The fourth-order valence-electron chi connectivity index (χ4n) is 3.77. The molecule has 1 aliphatic heterocycles. The lowest BCUT2D eigenvalue weighted by atomic mass is 9.62. The van der Waals surface area contributed by atoms with Crippen LogP contribution in [0.5, 0.6) is 0 Å². The van der Waals surface area contributed by atoms with E-state index in [1.165, 1.54) is 19.4 Å². The Bertz CT molecular complexity index is 187. The second-order valence-corrected chi connectivity index (χ2v) is 5.57. The highest BCUT2D eigenvalue weighted by Gasteiger charge is 2.57. The Morgan fingerprint density at radius 2 is 1.77 bits per heavy atom. The molecule has 2 unspecified atom stereocenters. The van der Waals surface area contributed by atoms with Crippen LogP contribution in [0.15, 0.2) is 0 Å². The van der Waals surface area contributed by atoms with Crippen molar-refractivity contribution < 1.29 is 0 Å². The summed E-state index contributed by atoms with van der Waals surface area (Å²) >= 11 is 0. The number of hydrogen-bond donors (Lipinski definition) is 1. The van der Waals surface area contributed by atoms with Crippen molar-refractivity contribution in [1.29, 1.82) is 0 Å². The third-order valence-electron chi connectivity index (χ3n) is 4.60. The average Bonchev–Trinajstić information content (AvgIpc) is 2.80. The second kappa shape index (κ2) is 2.98. The molecule has 2 fully saturated rings. The minimum absolute atomic E-state index is 0.649. The average molecular weight is 181 g/mol. The standard InChI is InChI=1S/C12H23N/c1-8(2)12(9(3)4)5-6-13-11-7-10(11)12/h8-11,13H,5-7H2,1-4H3. The Balaban J connectivity index is 2.21. The number of fused-ring (bicyclic) bond motifs is 1. The molecular weight excluding hydrogens is 158 g/mol. The number of hydrogen-bond acceptors (Lipinski definition) is 1. The van der Waals surface area contributed by atoms with Gasteiger partial charge < -0.3 is 5.32 Å². The van der Waals surface area contributed by atoms with Crippen LogP contribution in [0.2, 0.25) is 0 Å². The fraction of sp³-hybridized carbons (Fsp3) is 1.00. The number of nitrogens with one attached hydrogen (secondary N) is 1. The van der Waals surface area contributed by atoms with Gasteiger partial charge in [-0.1, -0.05) is 27.7 Å². The van der Waals surface area contributed by atoms with Gasteiger partial charge in [-0.25, -0.2) is 0 Å². The lowest BCUT2D eigenvalue weighted by molar-refractivity contribution is 0.0490. The molecule has 1 heteroatoms. The molecule has 1 saturated carbocycles. The van der Waals surface area contributed by atoms with Gasteiger partial charge in [0.15, 0.2) is 0 Å². The molecule has 0 amide bonds. The Labute approximate surface area is 82.3 Å². The topological polar surface area (TPSA) is 12.0 Å². The highest BCUT2D eigenvalue weighted by atomic mass is 15.0. The predicted molar refractivity (Wildman–Crippen MR) is 56.6 cm³/mol. The van der Waals surface area contributed by atoms with Crippen molar-refractivity contribution in [2.45, 2.75) is 46.6 Å². The van der Waals surface area contributed by atoms with Crippen molar-refractivity contribution in [1.82, 2.24) is 5.32 Å². The van der Waals surface area contributed by atoms with E-state index < -0.39 is 0 Å². The normalized spacial score (nSPS) is 36.5. The summed E-state index contributed by atoms with van der Waals surface area (Å²) < 4.78 is 0. The fourth-order valence-corrected chi connectivity index (χ4v) is 3.77. The lowest BCUT2D eigenvalue weighted by Gasteiger charge is -2.45. The molecule has 1 heterocycles. The molecule has 0 radical (unpaired) electrons. The zero-order valence-corrected chi connectivity index (χ0v) is 9.43. The van der Waals surface area contributed by atoms with Crippen LogP contribution in [0.1, 0.15) is 40.5 Å². The molecule has 1 nitrogen and oxygen atoms in total. The molecule has 0 aromatic carbocycles. The molecule has 1 N–H and O–H groups in total. The van der Waals surface area contributed by atoms with Gasteiger partial charge in [-0.15, -0.1) is 0 Å². The van der Waals surface area contributed by atoms with Gasteiger partial charge in [0.2, 0.25) is 0 Å². The molecule has 1 aliphatic carbocycles. The van der Waals surface area contributed by atoms with Crippen LogP contribution in [-0.2, 0) is 0 Å². The summed E-state index contributed by atoms with van der Waals surface area (Å²) in [6.07, 6.45) is 2.83. The quantitative estimate of drug-likeness (QED) is 0.690. The van der Waals surface area contributed by atoms with Crippen molar-refractivity contribution in [2.75, 3.05) is 6.54 Å². The largest absolute Gasteiger partial charge is 0.314 e. The molecule has 2 atom stereocenters. The Hall–Kier alpha value is -0.0400. The van der Waals surface area contributed by atoms with Crippen LogP contribution >= 0.6 is 0 Å². The Morgan fingerprint density at radius 3 is 2.23 bits per heavy atom. The maximum Gasteiger partial charge on any atom is 0.0105 e. The van der Waals surface area contributed by atoms with Crippen LogP contribution < -0.4 is 5.32 Å². The summed E-state index contributed by atoms with van der Waals surface area (Å²) in [4.78, 5) is 0. The summed E-state index contributed by atoms with van der Waals surface area (Å²) in [5.74, 6) is 2.69.